The average Bonchev–Trinajstić information content (AvgIpc) is 2.27. The van der Waals surface area contributed by atoms with E-state index < -0.39 is 0 Å². The number of ether oxygens (including phenoxy) is 1. The van der Waals surface area contributed by atoms with Crippen molar-refractivity contribution in [1.82, 2.24) is 0 Å². The first-order valence-electron chi connectivity index (χ1n) is 5.90. The third kappa shape index (κ3) is 10.4. The maximum Gasteiger partial charge on any atom is 0.0861 e. The Bertz CT molecular complexity index is 229. The van der Waals surface area contributed by atoms with E-state index in [1.165, 1.54) is 0 Å². The molecule has 0 N–H and O–H groups in total. The highest BCUT2D eigenvalue weighted by molar-refractivity contribution is 14.1. The Morgan fingerprint density at radius 3 is 1.47 bits per heavy atom. The number of hydrogen-bond donors (Lipinski definition) is 0. The predicted molar refractivity (Wildman–Crippen MR) is 93.9 cm³/mol. The summed E-state index contributed by atoms with van der Waals surface area (Å²) in [7, 11) is 0. The van der Waals surface area contributed by atoms with Crippen molar-refractivity contribution in [2.75, 3.05) is 8.86 Å². The third-order valence-corrected chi connectivity index (χ3v) is 6.54. The predicted octanol–water partition coefficient (Wildman–Crippen LogP) is 5.73. The summed E-state index contributed by atoms with van der Waals surface area (Å²) in [6.45, 7) is 9.07. The van der Waals surface area contributed by atoms with Crippen molar-refractivity contribution in [2.24, 2.45) is 10.8 Å². The molecule has 0 aromatic carbocycles. The monoisotopic (exact) mass is 462 g/mol. The van der Waals surface area contributed by atoms with Crippen molar-refractivity contribution >= 4 is 45.2 Å². The van der Waals surface area contributed by atoms with E-state index in [1.807, 2.05) is 0 Å². The molecule has 0 bridgehead atoms. The van der Waals surface area contributed by atoms with Crippen LogP contribution in [0.4, 0.5) is 0 Å². The molecule has 0 aliphatic heterocycles. The van der Waals surface area contributed by atoms with Crippen LogP contribution in [0, 0.1) is 10.8 Å². The van der Waals surface area contributed by atoms with Crippen LogP contribution in [-0.2, 0) is 4.74 Å². The van der Waals surface area contributed by atoms with E-state index in [4.69, 9.17) is 4.74 Å². The van der Waals surface area contributed by atoms with Crippen molar-refractivity contribution < 1.29 is 4.74 Å². The summed E-state index contributed by atoms with van der Waals surface area (Å²) >= 11 is 4.86. The van der Waals surface area contributed by atoms with Gasteiger partial charge in [0.1, 0.15) is 0 Å². The SMILES string of the molecule is CC(C)(CI)CC=COC=CCC(C)(C)CI. The van der Waals surface area contributed by atoms with Gasteiger partial charge in [0.25, 0.3) is 0 Å². The van der Waals surface area contributed by atoms with Gasteiger partial charge in [0.2, 0.25) is 0 Å². The zero-order valence-corrected chi connectivity index (χ0v) is 15.6. The van der Waals surface area contributed by atoms with Crippen molar-refractivity contribution in [3.63, 3.8) is 0 Å². The molecule has 0 heterocycles. The van der Waals surface area contributed by atoms with Gasteiger partial charge >= 0.3 is 0 Å². The molecule has 17 heavy (non-hydrogen) atoms. The van der Waals surface area contributed by atoms with E-state index in [9.17, 15) is 0 Å². The van der Waals surface area contributed by atoms with Gasteiger partial charge in [-0.1, -0.05) is 72.9 Å². The van der Waals surface area contributed by atoms with Crippen molar-refractivity contribution in [1.29, 1.82) is 0 Å². The number of halogens is 2. The Morgan fingerprint density at radius 1 is 0.824 bits per heavy atom. The molecule has 0 spiro atoms. The molecule has 3 heteroatoms. The molecule has 0 aliphatic rings. The van der Waals surface area contributed by atoms with Crippen LogP contribution < -0.4 is 0 Å². The molecule has 0 atom stereocenters. The zero-order valence-electron chi connectivity index (χ0n) is 11.3. The lowest BCUT2D eigenvalue weighted by atomic mass is 9.92. The van der Waals surface area contributed by atoms with Gasteiger partial charge in [0.05, 0.1) is 12.5 Å². The van der Waals surface area contributed by atoms with Crippen LogP contribution in [0.15, 0.2) is 24.7 Å². The van der Waals surface area contributed by atoms with Gasteiger partial charge in [0, 0.05) is 8.86 Å². The molecule has 0 aromatic rings. The lowest BCUT2D eigenvalue weighted by molar-refractivity contribution is 0.378. The molecule has 0 rings (SSSR count). The van der Waals surface area contributed by atoms with Gasteiger partial charge in [-0.05, 0) is 35.8 Å². The van der Waals surface area contributed by atoms with Crippen molar-refractivity contribution in [2.45, 2.75) is 40.5 Å². The minimum absolute atomic E-state index is 0.368. The summed E-state index contributed by atoms with van der Waals surface area (Å²) in [6, 6.07) is 0. The lowest BCUT2D eigenvalue weighted by Gasteiger charge is -2.18. The highest BCUT2D eigenvalue weighted by atomic mass is 127. The first-order valence-corrected chi connectivity index (χ1v) is 8.95. The van der Waals surface area contributed by atoms with Crippen LogP contribution in [0.3, 0.4) is 0 Å². The normalized spacial score (nSPS) is 13.8. The summed E-state index contributed by atoms with van der Waals surface area (Å²) in [4.78, 5) is 0. The van der Waals surface area contributed by atoms with Gasteiger partial charge in [-0.3, -0.25) is 0 Å². The van der Waals surface area contributed by atoms with Gasteiger partial charge in [0.15, 0.2) is 0 Å². The molecule has 0 radical (unpaired) electrons. The second-order valence-electron chi connectivity index (χ2n) is 5.88. The molecule has 100 valence electrons. The average molecular weight is 462 g/mol. The Balaban J connectivity index is 3.77. The van der Waals surface area contributed by atoms with E-state index >= 15 is 0 Å². The number of alkyl halides is 2. The first kappa shape index (κ1) is 17.7. The van der Waals surface area contributed by atoms with E-state index in [-0.39, 0.29) is 0 Å². The minimum atomic E-state index is 0.368. The maximum atomic E-state index is 5.35. The second kappa shape index (κ2) is 8.77. The Morgan fingerprint density at radius 2 is 1.18 bits per heavy atom. The summed E-state index contributed by atoms with van der Waals surface area (Å²) in [5.74, 6) is 0. The Labute approximate surface area is 134 Å². The van der Waals surface area contributed by atoms with Crippen LogP contribution in [0.1, 0.15) is 40.5 Å². The molecular weight excluding hydrogens is 438 g/mol. The highest BCUT2D eigenvalue weighted by Gasteiger charge is 2.13. The first-order chi connectivity index (χ1) is 7.83. The number of rotatable bonds is 8. The fraction of sp³-hybridized carbons (Fsp3) is 0.714. The third-order valence-electron chi connectivity index (χ3n) is 2.41. The van der Waals surface area contributed by atoms with Crippen LogP contribution in [0.2, 0.25) is 0 Å². The maximum absolute atomic E-state index is 5.35. The van der Waals surface area contributed by atoms with Crippen LogP contribution in [-0.4, -0.2) is 8.86 Å². The summed E-state index contributed by atoms with van der Waals surface area (Å²) in [6.07, 6.45) is 9.91. The van der Waals surface area contributed by atoms with E-state index in [0.717, 1.165) is 21.7 Å². The molecule has 0 aromatic heterocycles. The largest absolute Gasteiger partial charge is 0.473 e. The van der Waals surface area contributed by atoms with Gasteiger partial charge in [-0.25, -0.2) is 0 Å². The van der Waals surface area contributed by atoms with E-state index in [2.05, 4.69) is 85.0 Å². The summed E-state index contributed by atoms with van der Waals surface area (Å²) in [5.41, 5.74) is 0.737. The van der Waals surface area contributed by atoms with E-state index in [1.54, 1.807) is 12.5 Å². The van der Waals surface area contributed by atoms with Gasteiger partial charge in [-0.2, -0.15) is 0 Å². The highest BCUT2D eigenvalue weighted by Crippen LogP contribution is 2.24. The van der Waals surface area contributed by atoms with Gasteiger partial charge in [-0.15, -0.1) is 0 Å². The smallest absolute Gasteiger partial charge is 0.0861 e. The molecule has 0 amide bonds. The summed E-state index contributed by atoms with van der Waals surface area (Å²) < 4.78 is 7.67. The molecule has 0 unspecified atom stereocenters. The number of allylic oxidation sites excluding steroid dienone is 2. The lowest BCUT2D eigenvalue weighted by Crippen LogP contribution is -2.11. The molecule has 0 aliphatic carbocycles. The topological polar surface area (TPSA) is 9.23 Å². The fourth-order valence-electron chi connectivity index (χ4n) is 1.000. The Kier molecular flexibility index (Phi) is 9.16. The van der Waals surface area contributed by atoms with E-state index in [0.29, 0.717) is 10.8 Å². The molecular formula is C14H24I2O. The molecule has 0 saturated carbocycles. The second-order valence-corrected chi connectivity index (χ2v) is 7.41. The van der Waals surface area contributed by atoms with Crippen LogP contribution in [0.5, 0.6) is 0 Å². The van der Waals surface area contributed by atoms with Crippen molar-refractivity contribution in [3.05, 3.63) is 24.7 Å². The Hall–Kier alpha value is 0.740. The summed E-state index contributed by atoms with van der Waals surface area (Å²) in [5, 5.41) is 0. The van der Waals surface area contributed by atoms with Crippen molar-refractivity contribution in [3.8, 4) is 0 Å². The van der Waals surface area contributed by atoms with Crippen LogP contribution >= 0.6 is 45.2 Å². The quantitative estimate of drug-likeness (QED) is 0.254. The number of hydrogen-bond acceptors (Lipinski definition) is 1. The fourth-order valence-corrected chi connectivity index (χ4v) is 1.62. The molecule has 1 nitrogen and oxygen atoms in total. The molecule has 0 fully saturated rings. The standard InChI is InChI=1S/C14H24I2O/c1-13(2,11-15)7-5-9-17-10-6-8-14(3,4)12-16/h5-6,9-10H,7-8,11-12H2,1-4H3. The zero-order chi connectivity index (χ0) is 13.4. The minimum Gasteiger partial charge on any atom is -0.473 e. The van der Waals surface area contributed by atoms with Crippen LogP contribution in [0.25, 0.3) is 0 Å². The molecule has 0 saturated heterocycles. The van der Waals surface area contributed by atoms with Gasteiger partial charge < -0.3 is 4.74 Å².